The van der Waals surface area contributed by atoms with Crippen molar-refractivity contribution in [3.8, 4) is 5.75 Å². The van der Waals surface area contributed by atoms with Gasteiger partial charge >= 0.3 is 6.03 Å². The van der Waals surface area contributed by atoms with Gasteiger partial charge in [-0.25, -0.2) is 4.79 Å². The van der Waals surface area contributed by atoms with Gasteiger partial charge in [0.25, 0.3) is 0 Å². The summed E-state index contributed by atoms with van der Waals surface area (Å²) in [6, 6.07) is 15.0. The molecule has 2 N–H and O–H groups in total. The van der Waals surface area contributed by atoms with E-state index in [0.29, 0.717) is 18.8 Å². The van der Waals surface area contributed by atoms with Crippen molar-refractivity contribution < 1.29 is 14.3 Å². The van der Waals surface area contributed by atoms with Gasteiger partial charge in [0.1, 0.15) is 5.75 Å². The van der Waals surface area contributed by atoms with Crippen LogP contribution in [0.2, 0.25) is 0 Å². The summed E-state index contributed by atoms with van der Waals surface area (Å²) in [5.41, 5.74) is 2.69. The predicted molar refractivity (Wildman–Crippen MR) is 115 cm³/mol. The highest BCUT2D eigenvalue weighted by Gasteiger charge is 2.30. The fraction of sp³-hybridized carbons (Fsp3) is 0.391. The van der Waals surface area contributed by atoms with E-state index in [-0.39, 0.29) is 23.8 Å². The Bertz CT molecular complexity index is 843. The number of carbonyl (C=O) groups is 2. The first-order valence-corrected chi connectivity index (χ1v) is 10.0. The molecule has 29 heavy (non-hydrogen) atoms. The normalized spacial score (nSPS) is 15.5. The minimum absolute atomic E-state index is 0.000750. The first kappa shape index (κ1) is 20.7. The minimum Gasteiger partial charge on any atom is -0.497 e. The summed E-state index contributed by atoms with van der Waals surface area (Å²) in [5.74, 6) is 0.844. The first-order chi connectivity index (χ1) is 14.0. The van der Waals surface area contributed by atoms with Crippen LogP contribution < -0.4 is 15.4 Å². The number of nitrogens with one attached hydrogen (secondary N) is 2. The van der Waals surface area contributed by atoms with E-state index >= 15 is 0 Å². The number of piperidine rings is 1. The average Bonchev–Trinajstić information content (AvgIpc) is 2.75. The highest BCUT2D eigenvalue weighted by atomic mass is 16.5. The molecule has 3 rings (SSSR count). The van der Waals surface area contributed by atoms with Gasteiger partial charge in [-0.2, -0.15) is 0 Å². The van der Waals surface area contributed by atoms with Crippen molar-refractivity contribution in [2.24, 2.45) is 11.8 Å². The Hall–Kier alpha value is -3.02. The second-order valence-electron chi connectivity index (χ2n) is 7.63. The summed E-state index contributed by atoms with van der Waals surface area (Å²) in [6.07, 6.45) is 1.63. The van der Waals surface area contributed by atoms with Crippen molar-refractivity contribution in [2.45, 2.75) is 26.7 Å². The maximum absolute atomic E-state index is 12.7. The third kappa shape index (κ3) is 5.50. The van der Waals surface area contributed by atoms with Gasteiger partial charge in [0.15, 0.2) is 0 Å². The molecule has 1 fully saturated rings. The lowest BCUT2D eigenvalue weighted by Crippen LogP contribution is -2.43. The van der Waals surface area contributed by atoms with Gasteiger partial charge in [-0.05, 0) is 49.9 Å². The van der Waals surface area contributed by atoms with Gasteiger partial charge in [-0.15, -0.1) is 0 Å². The van der Waals surface area contributed by atoms with Crippen molar-refractivity contribution >= 4 is 23.3 Å². The number of carbonyl (C=O) groups excluding carboxylic acids is 2. The lowest BCUT2D eigenvalue weighted by atomic mass is 9.85. The molecule has 3 amide bonds. The second-order valence-corrected chi connectivity index (χ2v) is 7.63. The van der Waals surface area contributed by atoms with Gasteiger partial charge in [0.2, 0.25) is 5.91 Å². The number of urea groups is 1. The molecule has 0 bridgehead atoms. The van der Waals surface area contributed by atoms with Crippen LogP contribution in [-0.4, -0.2) is 37.0 Å². The molecular formula is C23H29N3O3. The number of hydrogen-bond donors (Lipinski definition) is 2. The van der Waals surface area contributed by atoms with Crippen molar-refractivity contribution in [3.63, 3.8) is 0 Å². The van der Waals surface area contributed by atoms with Crippen molar-refractivity contribution in [2.75, 3.05) is 30.8 Å². The summed E-state index contributed by atoms with van der Waals surface area (Å²) in [5, 5.41) is 5.92. The molecule has 2 aromatic carbocycles. The Morgan fingerprint density at radius 2 is 1.72 bits per heavy atom. The summed E-state index contributed by atoms with van der Waals surface area (Å²) in [7, 11) is 1.60. The number of hydrogen-bond acceptors (Lipinski definition) is 3. The number of amides is 3. The molecular weight excluding hydrogens is 366 g/mol. The number of ether oxygens (including phenoxy) is 1. The standard InChI is InChI=1S/C23H29N3O3/c1-16-7-9-19(10-8-16)25-23(28)26-13-11-18(12-14-26)17(2)22(27)24-20-5-4-6-21(15-20)29-3/h4-10,15,17-18H,11-14H2,1-3H3,(H,24,27)(H,25,28)/t17-/m0/s1. The molecule has 2 aromatic rings. The lowest BCUT2D eigenvalue weighted by Gasteiger charge is -2.34. The lowest BCUT2D eigenvalue weighted by molar-refractivity contribution is -0.121. The Labute approximate surface area is 172 Å². The molecule has 0 spiro atoms. The zero-order valence-electron chi connectivity index (χ0n) is 17.3. The number of nitrogens with zero attached hydrogens (tertiary/aromatic N) is 1. The summed E-state index contributed by atoms with van der Waals surface area (Å²) in [4.78, 5) is 27.0. The molecule has 1 aliphatic rings. The zero-order chi connectivity index (χ0) is 20.8. The molecule has 1 saturated heterocycles. The van der Waals surface area contributed by atoms with E-state index in [1.165, 1.54) is 0 Å². The zero-order valence-corrected chi connectivity index (χ0v) is 17.3. The fourth-order valence-corrected chi connectivity index (χ4v) is 3.61. The van der Waals surface area contributed by atoms with Crippen molar-refractivity contribution in [1.82, 2.24) is 4.90 Å². The van der Waals surface area contributed by atoms with Crippen LogP contribution in [0.25, 0.3) is 0 Å². The number of aryl methyl sites for hydroxylation is 1. The fourth-order valence-electron chi connectivity index (χ4n) is 3.61. The monoisotopic (exact) mass is 395 g/mol. The number of benzene rings is 2. The maximum Gasteiger partial charge on any atom is 0.321 e. The van der Waals surface area contributed by atoms with E-state index in [0.717, 1.165) is 29.8 Å². The molecule has 0 saturated carbocycles. The van der Waals surface area contributed by atoms with Crippen LogP contribution in [0.5, 0.6) is 5.75 Å². The molecule has 6 nitrogen and oxygen atoms in total. The molecule has 1 heterocycles. The SMILES string of the molecule is COc1cccc(NC(=O)[C@@H](C)C2CCN(C(=O)Nc3ccc(C)cc3)CC2)c1. The Balaban J connectivity index is 1.49. The average molecular weight is 396 g/mol. The third-order valence-electron chi connectivity index (χ3n) is 5.59. The van der Waals surface area contributed by atoms with E-state index in [9.17, 15) is 9.59 Å². The van der Waals surface area contributed by atoms with E-state index < -0.39 is 0 Å². The maximum atomic E-state index is 12.7. The van der Waals surface area contributed by atoms with Crippen LogP contribution in [0.15, 0.2) is 48.5 Å². The van der Waals surface area contributed by atoms with Crippen LogP contribution in [0.1, 0.15) is 25.3 Å². The van der Waals surface area contributed by atoms with Crippen LogP contribution >= 0.6 is 0 Å². The third-order valence-corrected chi connectivity index (χ3v) is 5.59. The van der Waals surface area contributed by atoms with Gasteiger partial charge in [-0.3, -0.25) is 4.79 Å². The molecule has 0 aliphatic carbocycles. The highest BCUT2D eigenvalue weighted by Crippen LogP contribution is 2.27. The molecule has 0 aromatic heterocycles. The van der Waals surface area contributed by atoms with E-state index in [1.807, 2.05) is 67.3 Å². The second kappa shape index (κ2) is 9.45. The van der Waals surface area contributed by atoms with E-state index in [2.05, 4.69) is 10.6 Å². The van der Waals surface area contributed by atoms with Gasteiger partial charge < -0.3 is 20.3 Å². The van der Waals surface area contributed by atoms with Crippen LogP contribution in [0, 0.1) is 18.8 Å². The molecule has 0 radical (unpaired) electrons. The van der Waals surface area contributed by atoms with Crippen molar-refractivity contribution in [3.05, 3.63) is 54.1 Å². The predicted octanol–water partition coefficient (Wildman–Crippen LogP) is 4.52. The molecule has 6 heteroatoms. The number of anilines is 2. The minimum atomic E-state index is -0.122. The summed E-state index contributed by atoms with van der Waals surface area (Å²) in [6.45, 7) is 5.28. The quantitative estimate of drug-likeness (QED) is 0.782. The van der Waals surface area contributed by atoms with Crippen LogP contribution in [0.3, 0.4) is 0 Å². The van der Waals surface area contributed by atoms with E-state index in [4.69, 9.17) is 4.74 Å². The van der Waals surface area contributed by atoms with Gasteiger partial charge in [0, 0.05) is 36.4 Å². The molecule has 1 aliphatic heterocycles. The summed E-state index contributed by atoms with van der Waals surface area (Å²) < 4.78 is 5.20. The number of methoxy groups -OCH3 is 1. The number of rotatable bonds is 5. The van der Waals surface area contributed by atoms with Gasteiger partial charge in [-0.1, -0.05) is 30.7 Å². The Morgan fingerprint density at radius 1 is 1.03 bits per heavy atom. The number of likely N-dealkylation sites (tertiary alicyclic amines) is 1. The smallest absolute Gasteiger partial charge is 0.321 e. The van der Waals surface area contributed by atoms with Crippen LogP contribution in [-0.2, 0) is 4.79 Å². The molecule has 1 atom stereocenters. The van der Waals surface area contributed by atoms with Crippen LogP contribution in [0.4, 0.5) is 16.2 Å². The molecule has 0 unspecified atom stereocenters. The topological polar surface area (TPSA) is 70.7 Å². The van der Waals surface area contributed by atoms with Gasteiger partial charge in [0.05, 0.1) is 7.11 Å². The summed E-state index contributed by atoms with van der Waals surface area (Å²) >= 11 is 0. The largest absolute Gasteiger partial charge is 0.497 e. The molecule has 154 valence electrons. The first-order valence-electron chi connectivity index (χ1n) is 10.0. The Morgan fingerprint density at radius 3 is 2.38 bits per heavy atom. The highest BCUT2D eigenvalue weighted by molar-refractivity contribution is 5.93. The van der Waals surface area contributed by atoms with Crippen molar-refractivity contribution in [1.29, 1.82) is 0 Å². The van der Waals surface area contributed by atoms with E-state index in [1.54, 1.807) is 7.11 Å². The Kier molecular flexibility index (Phi) is 6.75.